The Bertz CT molecular complexity index is 1180. The summed E-state index contributed by atoms with van der Waals surface area (Å²) in [4.78, 5) is 15.3. The summed E-state index contributed by atoms with van der Waals surface area (Å²) in [5.41, 5.74) is 2.39. The van der Waals surface area contributed by atoms with Crippen LogP contribution in [-0.2, 0) is 6.54 Å². The maximum Gasteiger partial charge on any atom is 0.258 e. The van der Waals surface area contributed by atoms with E-state index in [4.69, 9.17) is 9.15 Å². The highest BCUT2D eigenvalue weighted by Gasteiger charge is 2.35. The second-order valence-corrected chi connectivity index (χ2v) is 7.01. The molecule has 0 aliphatic carbocycles. The number of carbonyl (C=O) groups is 1. The molecular formula is C24H20N2O3. The van der Waals surface area contributed by atoms with Crippen LogP contribution in [0.25, 0.3) is 10.8 Å². The third kappa shape index (κ3) is 2.91. The molecule has 1 amide bonds. The van der Waals surface area contributed by atoms with Gasteiger partial charge in [-0.2, -0.15) is 0 Å². The monoisotopic (exact) mass is 384 g/mol. The Morgan fingerprint density at radius 3 is 2.66 bits per heavy atom. The minimum absolute atomic E-state index is 0.0456. The van der Waals surface area contributed by atoms with Gasteiger partial charge < -0.3 is 19.4 Å². The molecule has 1 N–H and O–H groups in total. The number of nitrogens with one attached hydrogen (secondary N) is 1. The van der Waals surface area contributed by atoms with Gasteiger partial charge in [0.15, 0.2) is 0 Å². The van der Waals surface area contributed by atoms with E-state index in [1.165, 1.54) is 0 Å². The van der Waals surface area contributed by atoms with Crippen molar-refractivity contribution >= 4 is 22.4 Å². The first-order chi connectivity index (χ1) is 14.3. The molecule has 1 aliphatic rings. The molecule has 144 valence electrons. The molecule has 0 bridgehead atoms. The van der Waals surface area contributed by atoms with Gasteiger partial charge in [-0.15, -0.1) is 0 Å². The standard InChI is InChI=1S/C24H20N2O3/c1-28-21-13-12-16-7-2-3-9-18(16)22(21)23-25-20-11-5-4-10-19(20)24(27)26(23)15-17-8-6-14-29-17/h2-14,23,25H,15H2,1H3/t23-/m0/s1. The topological polar surface area (TPSA) is 54.7 Å². The Hall–Kier alpha value is -3.73. The first-order valence-corrected chi connectivity index (χ1v) is 9.51. The van der Waals surface area contributed by atoms with Gasteiger partial charge in [0, 0.05) is 11.3 Å². The Morgan fingerprint density at radius 1 is 1.00 bits per heavy atom. The highest BCUT2D eigenvalue weighted by Crippen LogP contribution is 2.41. The van der Waals surface area contributed by atoms with Crippen molar-refractivity contribution in [2.24, 2.45) is 0 Å². The zero-order valence-electron chi connectivity index (χ0n) is 16.0. The molecule has 0 saturated carbocycles. The lowest BCUT2D eigenvalue weighted by Crippen LogP contribution is -2.42. The molecule has 1 atom stereocenters. The molecule has 4 aromatic rings. The molecule has 0 saturated heterocycles. The van der Waals surface area contributed by atoms with Crippen molar-refractivity contribution in [2.75, 3.05) is 12.4 Å². The average Bonchev–Trinajstić information content (AvgIpc) is 3.28. The highest BCUT2D eigenvalue weighted by atomic mass is 16.5. The van der Waals surface area contributed by atoms with Crippen LogP contribution in [0.1, 0.15) is 27.8 Å². The van der Waals surface area contributed by atoms with Crippen molar-refractivity contribution in [1.29, 1.82) is 0 Å². The molecular weight excluding hydrogens is 364 g/mol. The van der Waals surface area contributed by atoms with Gasteiger partial charge in [-0.1, -0.05) is 42.5 Å². The number of fused-ring (bicyclic) bond motifs is 2. The summed E-state index contributed by atoms with van der Waals surface area (Å²) < 4.78 is 11.3. The van der Waals surface area contributed by atoms with E-state index in [0.29, 0.717) is 12.1 Å². The molecule has 5 heteroatoms. The van der Waals surface area contributed by atoms with Crippen LogP contribution in [0.4, 0.5) is 5.69 Å². The van der Waals surface area contributed by atoms with Crippen molar-refractivity contribution in [2.45, 2.75) is 12.7 Å². The molecule has 0 fully saturated rings. The number of methoxy groups -OCH3 is 1. The predicted octanol–water partition coefficient (Wildman–Crippen LogP) is 5.21. The predicted molar refractivity (Wildman–Crippen MR) is 112 cm³/mol. The second-order valence-electron chi connectivity index (χ2n) is 7.01. The summed E-state index contributed by atoms with van der Waals surface area (Å²) in [6.45, 7) is 0.351. The quantitative estimate of drug-likeness (QED) is 0.525. The van der Waals surface area contributed by atoms with E-state index >= 15 is 0 Å². The normalized spacial score (nSPS) is 15.8. The lowest BCUT2D eigenvalue weighted by atomic mass is 9.97. The average molecular weight is 384 g/mol. The van der Waals surface area contributed by atoms with Gasteiger partial charge in [0.05, 0.1) is 25.5 Å². The van der Waals surface area contributed by atoms with Crippen molar-refractivity contribution in [1.82, 2.24) is 4.90 Å². The van der Waals surface area contributed by atoms with E-state index in [-0.39, 0.29) is 5.91 Å². The molecule has 0 unspecified atom stereocenters. The Kier molecular flexibility index (Phi) is 4.21. The number of rotatable bonds is 4. The zero-order chi connectivity index (χ0) is 19.8. The summed E-state index contributed by atoms with van der Waals surface area (Å²) in [6, 6.07) is 23.4. The van der Waals surface area contributed by atoms with Crippen LogP contribution in [0.5, 0.6) is 5.75 Å². The number of nitrogens with zero attached hydrogens (tertiary/aromatic N) is 1. The number of ether oxygens (including phenoxy) is 1. The van der Waals surface area contributed by atoms with Crippen LogP contribution in [0.3, 0.4) is 0 Å². The summed E-state index contributed by atoms with van der Waals surface area (Å²) in [5, 5.41) is 5.69. The molecule has 0 spiro atoms. The number of anilines is 1. The van der Waals surface area contributed by atoms with E-state index in [2.05, 4.69) is 17.4 Å². The maximum absolute atomic E-state index is 13.5. The van der Waals surface area contributed by atoms with Gasteiger partial charge in [0.25, 0.3) is 5.91 Å². The summed E-state index contributed by atoms with van der Waals surface area (Å²) >= 11 is 0. The number of para-hydroxylation sites is 1. The minimum Gasteiger partial charge on any atom is -0.496 e. The molecule has 5 rings (SSSR count). The third-order valence-electron chi connectivity index (χ3n) is 5.35. The maximum atomic E-state index is 13.5. The smallest absolute Gasteiger partial charge is 0.258 e. The fraction of sp³-hybridized carbons (Fsp3) is 0.125. The van der Waals surface area contributed by atoms with Crippen LogP contribution >= 0.6 is 0 Å². The largest absolute Gasteiger partial charge is 0.496 e. The molecule has 0 radical (unpaired) electrons. The van der Waals surface area contributed by atoms with Crippen LogP contribution < -0.4 is 10.1 Å². The van der Waals surface area contributed by atoms with E-state index < -0.39 is 6.17 Å². The molecule has 29 heavy (non-hydrogen) atoms. The second kappa shape index (κ2) is 7.02. The van der Waals surface area contributed by atoms with Crippen LogP contribution in [0.2, 0.25) is 0 Å². The highest BCUT2D eigenvalue weighted by molar-refractivity contribution is 6.02. The van der Waals surface area contributed by atoms with Gasteiger partial charge in [-0.05, 0) is 41.1 Å². The Labute approximate surface area is 168 Å². The van der Waals surface area contributed by atoms with Crippen molar-refractivity contribution in [3.05, 3.63) is 95.9 Å². The van der Waals surface area contributed by atoms with E-state index in [1.54, 1.807) is 18.3 Å². The fourth-order valence-electron chi connectivity index (χ4n) is 3.99. The van der Waals surface area contributed by atoms with Crippen molar-refractivity contribution in [3.63, 3.8) is 0 Å². The number of furan rings is 1. The van der Waals surface area contributed by atoms with E-state index in [0.717, 1.165) is 33.5 Å². The lowest BCUT2D eigenvalue weighted by molar-refractivity contribution is 0.0650. The lowest BCUT2D eigenvalue weighted by Gasteiger charge is -2.38. The fourth-order valence-corrected chi connectivity index (χ4v) is 3.99. The SMILES string of the molecule is COc1ccc2ccccc2c1[C@H]1Nc2ccccc2C(=O)N1Cc1ccco1. The van der Waals surface area contributed by atoms with Crippen molar-refractivity contribution in [3.8, 4) is 5.75 Å². The van der Waals surface area contributed by atoms with Crippen molar-refractivity contribution < 1.29 is 13.9 Å². The number of benzene rings is 3. The molecule has 1 aliphatic heterocycles. The first-order valence-electron chi connectivity index (χ1n) is 9.51. The van der Waals surface area contributed by atoms with Crippen LogP contribution in [0.15, 0.2) is 83.5 Å². The molecule has 3 aromatic carbocycles. The third-order valence-corrected chi connectivity index (χ3v) is 5.35. The first kappa shape index (κ1) is 17.4. The van der Waals surface area contributed by atoms with Crippen LogP contribution in [0, 0.1) is 0 Å². The van der Waals surface area contributed by atoms with Gasteiger partial charge in [0.2, 0.25) is 0 Å². The number of hydrogen-bond donors (Lipinski definition) is 1. The Morgan fingerprint density at radius 2 is 1.83 bits per heavy atom. The zero-order valence-corrected chi connectivity index (χ0v) is 16.0. The van der Waals surface area contributed by atoms with Gasteiger partial charge in [0.1, 0.15) is 17.7 Å². The molecule has 2 heterocycles. The Balaban J connectivity index is 1.71. The number of amides is 1. The number of carbonyl (C=O) groups excluding carboxylic acids is 1. The van der Waals surface area contributed by atoms with Gasteiger partial charge in [-0.25, -0.2) is 0 Å². The van der Waals surface area contributed by atoms with Crippen LogP contribution in [-0.4, -0.2) is 17.9 Å². The van der Waals surface area contributed by atoms with Gasteiger partial charge >= 0.3 is 0 Å². The summed E-state index contributed by atoms with van der Waals surface area (Å²) in [6.07, 6.45) is 1.22. The minimum atomic E-state index is -0.399. The van der Waals surface area contributed by atoms with E-state index in [9.17, 15) is 4.79 Å². The molecule has 1 aromatic heterocycles. The van der Waals surface area contributed by atoms with Gasteiger partial charge in [-0.3, -0.25) is 4.79 Å². The summed E-state index contributed by atoms with van der Waals surface area (Å²) in [5.74, 6) is 1.41. The number of hydrogen-bond acceptors (Lipinski definition) is 4. The molecule has 5 nitrogen and oxygen atoms in total. The van der Waals surface area contributed by atoms with E-state index in [1.807, 2.05) is 60.7 Å². The summed E-state index contributed by atoms with van der Waals surface area (Å²) in [7, 11) is 1.66.